The Morgan fingerprint density at radius 2 is 1.69 bits per heavy atom. The lowest BCUT2D eigenvalue weighted by atomic mass is 9.85. The summed E-state index contributed by atoms with van der Waals surface area (Å²) >= 11 is 0. The smallest absolute Gasteiger partial charge is 0.187 e. The zero-order chi connectivity index (χ0) is 20.4. The second-order valence-corrected chi connectivity index (χ2v) is 8.42. The fourth-order valence-electron chi connectivity index (χ4n) is 3.77. The highest BCUT2D eigenvalue weighted by Crippen LogP contribution is 2.37. The first-order chi connectivity index (χ1) is 14.1. The van der Waals surface area contributed by atoms with Crippen molar-refractivity contribution in [1.29, 1.82) is 0 Å². The average Bonchev–Trinajstić information content (AvgIpc) is 3.15. The fourth-order valence-corrected chi connectivity index (χ4v) is 4.44. The maximum atomic E-state index is 13.6. The summed E-state index contributed by atoms with van der Waals surface area (Å²) in [5.41, 5.74) is 5.62. The van der Waals surface area contributed by atoms with E-state index in [4.69, 9.17) is 6.57 Å². The predicted octanol–water partition coefficient (Wildman–Crippen LogP) is 5.92. The molecule has 29 heavy (non-hydrogen) atoms. The summed E-state index contributed by atoms with van der Waals surface area (Å²) < 4.78 is 25.3. The number of nitrogens with one attached hydrogen (secondary N) is 1. The number of fused-ring (bicyclic) bond motifs is 1. The Labute approximate surface area is 171 Å². The van der Waals surface area contributed by atoms with E-state index in [2.05, 4.69) is 9.83 Å². The average molecular weight is 402 g/mol. The first-order valence-corrected chi connectivity index (χ1v) is 10.9. The van der Waals surface area contributed by atoms with Gasteiger partial charge in [-0.05, 0) is 34.4 Å². The van der Waals surface area contributed by atoms with Gasteiger partial charge in [0.1, 0.15) is 5.82 Å². The van der Waals surface area contributed by atoms with Gasteiger partial charge < -0.3 is 4.98 Å². The lowest BCUT2D eigenvalue weighted by Crippen LogP contribution is -2.03. The molecule has 0 aliphatic rings. The summed E-state index contributed by atoms with van der Waals surface area (Å²) in [5, 5.41) is 1.05. The lowest BCUT2D eigenvalue weighted by molar-refractivity contribution is 0.627. The molecule has 2 unspecified atom stereocenters. The Kier molecular flexibility index (Phi) is 5.28. The number of benzene rings is 3. The van der Waals surface area contributed by atoms with Crippen molar-refractivity contribution in [2.75, 3.05) is 6.26 Å². The van der Waals surface area contributed by atoms with E-state index in [-0.39, 0.29) is 11.7 Å². The highest BCUT2D eigenvalue weighted by Gasteiger charge is 2.21. The monoisotopic (exact) mass is 402 g/mol. The quantitative estimate of drug-likeness (QED) is 0.414. The summed E-state index contributed by atoms with van der Waals surface area (Å²) in [7, 11) is -0.942. The first-order valence-electron chi connectivity index (χ1n) is 9.18. The molecule has 1 heterocycles. The van der Waals surface area contributed by atoms with Gasteiger partial charge in [0.05, 0.1) is 12.3 Å². The molecule has 4 rings (SSSR count). The maximum Gasteiger partial charge on any atom is 0.187 e. The number of aromatic nitrogens is 1. The van der Waals surface area contributed by atoms with Crippen molar-refractivity contribution in [1.82, 2.24) is 4.98 Å². The highest BCUT2D eigenvalue weighted by atomic mass is 32.2. The molecular formula is C24H19FN2OS. The van der Waals surface area contributed by atoms with Crippen LogP contribution in [0.3, 0.4) is 0 Å². The minimum absolute atomic E-state index is 0.119. The van der Waals surface area contributed by atoms with Crippen LogP contribution in [-0.2, 0) is 16.6 Å². The van der Waals surface area contributed by atoms with Crippen molar-refractivity contribution in [3.05, 3.63) is 112 Å². The Morgan fingerprint density at radius 3 is 2.31 bits per heavy atom. The van der Waals surface area contributed by atoms with E-state index in [1.807, 2.05) is 36.5 Å². The van der Waals surface area contributed by atoms with Gasteiger partial charge >= 0.3 is 0 Å². The Hall–Kier alpha value is -3.23. The summed E-state index contributed by atoms with van der Waals surface area (Å²) in [5.74, 6) is 0.0899. The van der Waals surface area contributed by atoms with Crippen LogP contribution < -0.4 is 0 Å². The van der Waals surface area contributed by atoms with Gasteiger partial charge in [-0.15, -0.1) is 0 Å². The van der Waals surface area contributed by atoms with Gasteiger partial charge in [0.25, 0.3) is 0 Å². The second kappa shape index (κ2) is 8.02. The molecule has 5 heteroatoms. The van der Waals surface area contributed by atoms with Crippen LogP contribution >= 0.6 is 0 Å². The van der Waals surface area contributed by atoms with Crippen molar-refractivity contribution in [3.8, 4) is 0 Å². The Balaban J connectivity index is 1.90. The largest absolute Gasteiger partial charge is 0.361 e. The van der Waals surface area contributed by atoms with Crippen molar-refractivity contribution >= 4 is 27.4 Å². The third-order valence-electron chi connectivity index (χ3n) is 5.06. The van der Waals surface area contributed by atoms with Crippen LogP contribution in [0.1, 0.15) is 28.2 Å². The topological polar surface area (TPSA) is 37.2 Å². The van der Waals surface area contributed by atoms with E-state index in [1.165, 1.54) is 12.1 Å². The number of para-hydroxylation sites is 1. The lowest BCUT2D eigenvalue weighted by Gasteiger charge is -2.18. The highest BCUT2D eigenvalue weighted by molar-refractivity contribution is 7.83. The maximum absolute atomic E-state index is 13.6. The summed E-state index contributed by atoms with van der Waals surface area (Å²) in [6.07, 6.45) is 3.67. The van der Waals surface area contributed by atoms with Gasteiger partial charge in [-0.1, -0.05) is 54.6 Å². The van der Waals surface area contributed by atoms with Gasteiger partial charge in [0.2, 0.25) is 0 Å². The van der Waals surface area contributed by atoms with Gasteiger partial charge in [-0.2, -0.15) is 0 Å². The molecule has 2 atom stereocenters. The molecule has 0 saturated carbocycles. The van der Waals surface area contributed by atoms with Crippen LogP contribution in [0.5, 0.6) is 0 Å². The van der Waals surface area contributed by atoms with E-state index in [9.17, 15) is 8.60 Å². The fraction of sp³-hybridized carbons (Fsp3) is 0.125. The normalized spacial score (nSPS) is 13.1. The molecular weight excluding hydrogens is 383 g/mol. The van der Waals surface area contributed by atoms with Crippen LogP contribution in [0.15, 0.2) is 72.9 Å². The summed E-state index contributed by atoms with van der Waals surface area (Å²) in [6, 6.07) is 20.1. The number of halogens is 1. The SMILES string of the molecule is [C-]#[N+]c1ccc(C(c2ccc(F)cc2)c2c[nH]c3c(CS(C)=O)cccc23)cc1. The summed E-state index contributed by atoms with van der Waals surface area (Å²) in [6.45, 7) is 7.19. The van der Waals surface area contributed by atoms with Crippen LogP contribution in [0, 0.1) is 12.4 Å². The van der Waals surface area contributed by atoms with E-state index >= 15 is 0 Å². The molecule has 0 amide bonds. The molecule has 0 bridgehead atoms. The number of H-pyrrole nitrogens is 1. The van der Waals surface area contributed by atoms with E-state index in [0.717, 1.165) is 33.2 Å². The molecule has 0 spiro atoms. The molecule has 4 aromatic rings. The number of nitrogens with zero attached hydrogens (tertiary/aromatic N) is 1. The minimum atomic E-state index is -0.942. The summed E-state index contributed by atoms with van der Waals surface area (Å²) in [4.78, 5) is 6.83. The van der Waals surface area contributed by atoms with Gasteiger partial charge in [0, 0.05) is 40.1 Å². The van der Waals surface area contributed by atoms with Crippen molar-refractivity contribution in [3.63, 3.8) is 0 Å². The van der Waals surface area contributed by atoms with Crippen molar-refractivity contribution in [2.45, 2.75) is 11.7 Å². The van der Waals surface area contributed by atoms with E-state index < -0.39 is 10.8 Å². The molecule has 0 aliphatic carbocycles. The molecule has 0 radical (unpaired) electrons. The molecule has 0 fully saturated rings. The number of hydrogen-bond donors (Lipinski definition) is 1. The van der Waals surface area contributed by atoms with E-state index in [0.29, 0.717) is 11.4 Å². The molecule has 0 aliphatic heterocycles. The van der Waals surface area contributed by atoms with Crippen LogP contribution in [0.25, 0.3) is 15.7 Å². The predicted molar refractivity (Wildman–Crippen MR) is 116 cm³/mol. The second-order valence-electron chi connectivity index (χ2n) is 6.99. The molecule has 0 saturated heterocycles. The van der Waals surface area contributed by atoms with Crippen LogP contribution in [-0.4, -0.2) is 15.4 Å². The Morgan fingerprint density at radius 1 is 1.03 bits per heavy atom. The third-order valence-corrected chi connectivity index (χ3v) is 5.78. The number of hydrogen-bond acceptors (Lipinski definition) is 1. The first kappa shape index (κ1) is 19.1. The molecule has 3 nitrogen and oxygen atoms in total. The molecule has 1 aromatic heterocycles. The van der Waals surface area contributed by atoms with Gasteiger partial charge in [-0.3, -0.25) is 4.21 Å². The number of aromatic amines is 1. The Bertz CT molecular complexity index is 1220. The van der Waals surface area contributed by atoms with Crippen LogP contribution in [0.4, 0.5) is 10.1 Å². The molecule has 3 aromatic carbocycles. The van der Waals surface area contributed by atoms with E-state index in [1.54, 1.807) is 30.5 Å². The standard InChI is InChI=1S/C24H19FN2OS/c1-26-20-12-8-17(9-13-20)23(16-6-10-19(25)11-7-16)22-14-27-24-18(15-29(2)28)4-3-5-21(22)24/h3-14,23,27H,15H2,2H3. The van der Waals surface area contributed by atoms with Gasteiger partial charge in [-0.25, -0.2) is 9.24 Å². The van der Waals surface area contributed by atoms with Gasteiger partial charge in [0.15, 0.2) is 5.69 Å². The molecule has 1 N–H and O–H groups in total. The van der Waals surface area contributed by atoms with Crippen molar-refractivity contribution < 1.29 is 8.60 Å². The zero-order valence-corrected chi connectivity index (χ0v) is 16.7. The third kappa shape index (κ3) is 3.85. The number of rotatable bonds is 5. The van der Waals surface area contributed by atoms with Crippen molar-refractivity contribution in [2.24, 2.45) is 0 Å². The zero-order valence-electron chi connectivity index (χ0n) is 15.9. The van der Waals surface area contributed by atoms with Crippen LogP contribution in [0.2, 0.25) is 0 Å². The molecule has 144 valence electrons. The minimum Gasteiger partial charge on any atom is -0.361 e.